The molecule has 2 saturated heterocycles. The number of aromatic nitrogens is 4. The lowest BCUT2D eigenvalue weighted by Gasteiger charge is -2.31. The van der Waals surface area contributed by atoms with Gasteiger partial charge in [0.1, 0.15) is 5.75 Å². The van der Waals surface area contributed by atoms with Gasteiger partial charge in [0.2, 0.25) is 11.9 Å². The van der Waals surface area contributed by atoms with E-state index in [2.05, 4.69) is 61.1 Å². The zero-order chi connectivity index (χ0) is 28.1. The predicted octanol–water partition coefficient (Wildman–Crippen LogP) is 2.51. The van der Waals surface area contributed by atoms with Gasteiger partial charge in [0.05, 0.1) is 43.6 Å². The number of nitrogens with one attached hydrogen (secondary N) is 2. The first-order valence-electron chi connectivity index (χ1n) is 13.4. The van der Waals surface area contributed by atoms with Crippen molar-refractivity contribution in [2.45, 2.75) is 19.0 Å². The Morgan fingerprint density at radius 2 is 2.08 bits per heavy atom. The highest BCUT2D eigenvalue weighted by molar-refractivity contribution is 6.02. The average Bonchev–Trinajstić information content (AvgIpc) is 3.64. The van der Waals surface area contributed by atoms with Gasteiger partial charge in [-0.15, -0.1) is 0 Å². The first kappa shape index (κ1) is 27.6. The summed E-state index contributed by atoms with van der Waals surface area (Å²) in [6.07, 6.45) is 8.01. The van der Waals surface area contributed by atoms with Gasteiger partial charge in [0.15, 0.2) is 5.82 Å². The Bertz CT molecular complexity index is 1340. The van der Waals surface area contributed by atoms with Crippen LogP contribution < -0.4 is 20.3 Å². The van der Waals surface area contributed by atoms with E-state index in [-0.39, 0.29) is 5.91 Å². The third-order valence-electron chi connectivity index (χ3n) is 7.25. The fraction of sp³-hybridized carbons (Fsp3) is 0.429. The highest BCUT2D eigenvalue weighted by Gasteiger charge is 2.24. The molecule has 0 spiro atoms. The molecule has 3 aromatic rings. The molecule has 2 fully saturated rings. The van der Waals surface area contributed by atoms with Gasteiger partial charge in [0.25, 0.3) is 0 Å². The van der Waals surface area contributed by atoms with E-state index in [1.54, 1.807) is 18.0 Å². The highest BCUT2D eigenvalue weighted by atomic mass is 16.5. The van der Waals surface area contributed by atoms with Crippen LogP contribution in [0.5, 0.6) is 5.75 Å². The largest absolute Gasteiger partial charge is 0.494 e. The highest BCUT2D eigenvalue weighted by Crippen LogP contribution is 2.38. The van der Waals surface area contributed by atoms with Gasteiger partial charge < -0.3 is 29.9 Å². The van der Waals surface area contributed by atoms with Gasteiger partial charge in [-0.1, -0.05) is 6.58 Å². The van der Waals surface area contributed by atoms with Gasteiger partial charge in [-0.25, -0.2) is 9.67 Å². The Hall–Kier alpha value is -4.00. The molecule has 0 saturated carbocycles. The minimum atomic E-state index is -0.301. The standard InChI is InChI=1S/C28H37N9O3/c1-5-27(38)31-22-14-23(25(39-4)15-24(22)36-10-12-40-13-11-36)32-28-29-8-6-26(33-28)37-18-20(16-30-37)17-35-9-7-21(19-35)34(2)3/h5-6,8,14-16,18,21H,1,7,9-13,17,19H2,2-4H3,(H,31,38)(H,29,32,33)/t21-/m1/s1. The summed E-state index contributed by atoms with van der Waals surface area (Å²) >= 11 is 0. The molecule has 0 aliphatic carbocycles. The molecule has 12 heteroatoms. The summed E-state index contributed by atoms with van der Waals surface area (Å²) in [6, 6.07) is 6.13. The number of ether oxygens (including phenoxy) is 2. The fourth-order valence-electron chi connectivity index (χ4n) is 5.05. The molecule has 2 aromatic heterocycles. The summed E-state index contributed by atoms with van der Waals surface area (Å²) in [5.41, 5.74) is 3.22. The smallest absolute Gasteiger partial charge is 0.247 e. The van der Waals surface area contributed by atoms with E-state index in [0.717, 1.165) is 30.9 Å². The van der Waals surface area contributed by atoms with Crippen molar-refractivity contribution < 1.29 is 14.3 Å². The molecule has 2 aliphatic rings. The van der Waals surface area contributed by atoms with E-state index in [0.29, 0.717) is 61.2 Å². The maximum Gasteiger partial charge on any atom is 0.247 e. The summed E-state index contributed by atoms with van der Waals surface area (Å²) < 4.78 is 13.0. The van der Waals surface area contributed by atoms with Gasteiger partial charge in [0, 0.05) is 68.9 Å². The first-order chi connectivity index (χ1) is 19.4. The quantitative estimate of drug-likeness (QED) is 0.367. The third kappa shape index (κ3) is 6.41. The molecule has 1 amide bonds. The molecule has 1 aromatic carbocycles. The van der Waals surface area contributed by atoms with Crippen molar-refractivity contribution in [1.82, 2.24) is 29.5 Å². The second kappa shape index (κ2) is 12.5. The Kier molecular flexibility index (Phi) is 8.58. The van der Waals surface area contributed by atoms with E-state index in [4.69, 9.17) is 9.47 Å². The zero-order valence-corrected chi connectivity index (χ0v) is 23.3. The molecule has 2 aliphatic heterocycles. The summed E-state index contributed by atoms with van der Waals surface area (Å²) in [6.45, 7) is 9.21. The number of morpholine rings is 1. The van der Waals surface area contributed by atoms with Crippen molar-refractivity contribution in [3.8, 4) is 11.6 Å². The van der Waals surface area contributed by atoms with E-state index >= 15 is 0 Å². The van der Waals surface area contributed by atoms with E-state index in [1.807, 2.05) is 30.6 Å². The van der Waals surface area contributed by atoms with Crippen molar-refractivity contribution >= 4 is 28.9 Å². The van der Waals surface area contributed by atoms with Crippen LogP contribution in [-0.2, 0) is 16.1 Å². The van der Waals surface area contributed by atoms with Crippen LogP contribution in [-0.4, -0.2) is 102 Å². The summed E-state index contributed by atoms with van der Waals surface area (Å²) in [5, 5.41) is 10.7. The second-order valence-corrected chi connectivity index (χ2v) is 10.2. The molecule has 40 heavy (non-hydrogen) atoms. The number of methoxy groups -OCH3 is 1. The minimum absolute atomic E-state index is 0.301. The predicted molar refractivity (Wildman–Crippen MR) is 155 cm³/mol. The molecular weight excluding hydrogens is 510 g/mol. The SMILES string of the molecule is C=CC(=O)Nc1cc(Nc2nccc(-n3cc(CN4CC[C@@H](N(C)C)C4)cn3)n2)c(OC)cc1N1CCOCC1. The molecule has 1 atom stereocenters. The molecule has 0 bridgehead atoms. The lowest BCUT2D eigenvalue weighted by Crippen LogP contribution is -2.36. The average molecular weight is 548 g/mol. The van der Waals surface area contributed by atoms with Crippen LogP contribution in [0.3, 0.4) is 0 Å². The Morgan fingerprint density at radius 3 is 2.80 bits per heavy atom. The topological polar surface area (TPSA) is 113 Å². The first-order valence-corrected chi connectivity index (χ1v) is 13.4. The van der Waals surface area contributed by atoms with Gasteiger partial charge in [-0.2, -0.15) is 10.1 Å². The number of likely N-dealkylation sites (N-methyl/N-ethyl adjacent to an activating group) is 1. The van der Waals surface area contributed by atoms with Crippen molar-refractivity contribution in [1.29, 1.82) is 0 Å². The van der Waals surface area contributed by atoms with Crippen molar-refractivity contribution in [3.05, 3.63) is 55.0 Å². The van der Waals surface area contributed by atoms with Crippen LogP contribution in [0.4, 0.5) is 23.0 Å². The summed E-state index contributed by atoms with van der Waals surface area (Å²) in [7, 11) is 5.88. The van der Waals surface area contributed by atoms with Crippen LogP contribution in [0.15, 0.2) is 49.4 Å². The number of benzene rings is 1. The molecule has 5 rings (SSSR count). The molecule has 0 unspecified atom stereocenters. The van der Waals surface area contributed by atoms with Gasteiger partial charge in [-0.05, 0) is 32.7 Å². The number of amides is 1. The number of rotatable bonds is 10. The monoisotopic (exact) mass is 547 g/mol. The second-order valence-electron chi connectivity index (χ2n) is 10.2. The zero-order valence-electron chi connectivity index (χ0n) is 23.3. The normalized spacial score (nSPS) is 17.7. The number of hydrogen-bond donors (Lipinski definition) is 2. The number of nitrogens with zero attached hydrogens (tertiary/aromatic N) is 7. The number of likely N-dealkylation sites (tertiary alicyclic amines) is 1. The van der Waals surface area contributed by atoms with E-state index in [9.17, 15) is 4.79 Å². The molecule has 12 nitrogen and oxygen atoms in total. The van der Waals surface area contributed by atoms with Gasteiger partial charge in [-0.3, -0.25) is 9.69 Å². The van der Waals surface area contributed by atoms with Crippen molar-refractivity contribution in [2.75, 3.05) is 76.1 Å². The van der Waals surface area contributed by atoms with E-state index < -0.39 is 0 Å². The number of carbonyl (C=O) groups is 1. The number of hydrogen-bond acceptors (Lipinski definition) is 10. The Balaban J connectivity index is 1.35. The minimum Gasteiger partial charge on any atom is -0.494 e. The lowest BCUT2D eigenvalue weighted by molar-refractivity contribution is -0.111. The summed E-state index contributed by atoms with van der Waals surface area (Å²) in [4.78, 5) is 28.2. The molecule has 212 valence electrons. The van der Waals surface area contributed by atoms with Crippen molar-refractivity contribution in [2.24, 2.45) is 0 Å². The maximum absolute atomic E-state index is 12.2. The number of carbonyl (C=O) groups excluding carboxylic acids is 1. The van der Waals surface area contributed by atoms with Crippen LogP contribution >= 0.6 is 0 Å². The third-order valence-corrected chi connectivity index (χ3v) is 7.25. The fourth-order valence-corrected chi connectivity index (χ4v) is 5.05. The Labute approximate surface area is 234 Å². The summed E-state index contributed by atoms with van der Waals surface area (Å²) in [5.74, 6) is 1.31. The molecule has 4 heterocycles. The van der Waals surface area contributed by atoms with Crippen LogP contribution in [0, 0.1) is 0 Å². The molecular formula is C28H37N9O3. The molecule has 0 radical (unpaired) electrons. The van der Waals surface area contributed by atoms with Gasteiger partial charge >= 0.3 is 0 Å². The molecule has 2 N–H and O–H groups in total. The lowest BCUT2D eigenvalue weighted by atomic mass is 10.1. The number of anilines is 4. The van der Waals surface area contributed by atoms with Crippen LogP contribution in [0.2, 0.25) is 0 Å². The van der Waals surface area contributed by atoms with Crippen LogP contribution in [0.25, 0.3) is 5.82 Å². The van der Waals surface area contributed by atoms with E-state index in [1.165, 1.54) is 12.5 Å². The van der Waals surface area contributed by atoms with Crippen LogP contribution in [0.1, 0.15) is 12.0 Å². The Morgan fingerprint density at radius 1 is 1.25 bits per heavy atom. The van der Waals surface area contributed by atoms with Crippen molar-refractivity contribution in [3.63, 3.8) is 0 Å². The maximum atomic E-state index is 12.2.